The monoisotopic (exact) mass is 298 g/mol. The zero-order chi connectivity index (χ0) is 13.9. The molecule has 1 heterocycles. The van der Waals surface area contributed by atoms with Gasteiger partial charge in [0.25, 0.3) is 0 Å². The maximum absolute atomic E-state index is 4.80. The third kappa shape index (κ3) is 3.01. The zero-order valence-electron chi connectivity index (χ0n) is 12.3. The van der Waals surface area contributed by atoms with Crippen molar-refractivity contribution in [2.75, 3.05) is 7.05 Å². The third-order valence-electron chi connectivity index (χ3n) is 3.61. The van der Waals surface area contributed by atoms with Gasteiger partial charge in [-0.25, -0.2) is 4.99 Å². The molecule has 1 aliphatic rings. The second-order valence-electron chi connectivity index (χ2n) is 4.90. The first-order valence-electron chi connectivity index (χ1n) is 6.97. The maximum atomic E-state index is 4.80. The topological polar surface area (TPSA) is 15.6 Å². The highest BCUT2D eigenvalue weighted by molar-refractivity contribution is 5.99. The van der Waals surface area contributed by atoms with Gasteiger partial charge in [-0.2, -0.15) is 0 Å². The van der Waals surface area contributed by atoms with Crippen LogP contribution in [-0.2, 0) is 0 Å². The Morgan fingerprint density at radius 1 is 0.952 bits per heavy atom. The number of benzene rings is 2. The summed E-state index contributed by atoms with van der Waals surface area (Å²) in [5.41, 5.74) is 4.62. The van der Waals surface area contributed by atoms with E-state index in [1.807, 2.05) is 12.1 Å². The Kier molecular flexibility index (Phi) is 4.81. The summed E-state index contributed by atoms with van der Waals surface area (Å²) in [5.74, 6) is 1.09. The van der Waals surface area contributed by atoms with Crippen LogP contribution in [0.2, 0.25) is 0 Å². The van der Waals surface area contributed by atoms with E-state index in [0.29, 0.717) is 0 Å². The van der Waals surface area contributed by atoms with Gasteiger partial charge in [0.05, 0.1) is 5.69 Å². The van der Waals surface area contributed by atoms with Crippen molar-refractivity contribution in [3.8, 4) is 0 Å². The Hall–Kier alpha value is -2.06. The lowest BCUT2D eigenvalue weighted by Gasteiger charge is -2.22. The fourth-order valence-electron chi connectivity index (χ4n) is 2.51. The first-order chi connectivity index (χ1) is 9.79. The van der Waals surface area contributed by atoms with Crippen LogP contribution in [-0.4, -0.2) is 17.8 Å². The van der Waals surface area contributed by atoms with Crippen molar-refractivity contribution in [3.05, 3.63) is 65.7 Å². The summed E-state index contributed by atoms with van der Waals surface area (Å²) in [6.45, 7) is 2.14. The molecule has 0 aromatic heterocycles. The molecule has 0 bridgehead atoms. The van der Waals surface area contributed by atoms with Crippen LogP contribution < -0.4 is 0 Å². The van der Waals surface area contributed by atoms with Gasteiger partial charge in [0.15, 0.2) is 0 Å². The predicted molar refractivity (Wildman–Crippen MR) is 93.2 cm³/mol. The third-order valence-corrected chi connectivity index (χ3v) is 3.61. The lowest BCUT2D eigenvalue weighted by molar-refractivity contribution is 0.703. The number of amidine groups is 1. The highest BCUT2D eigenvalue weighted by Gasteiger charge is 2.16. The molecule has 3 heteroatoms. The number of aliphatic imine (C=N–C) groups is 1. The molecule has 0 radical (unpaired) electrons. The summed E-state index contributed by atoms with van der Waals surface area (Å²) < 4.78 is 0. The van der Waals surface area contributed by atoms with Crippen LogP contribution in [0.1, 0.15) is 24.5 Å². The van der Waals surface area contributed by atoms with E-state index in [2.05, 4.69) is 67.4 Å². The molecule has 1 aliphatic heterocycles. The SMILES string of the molecule is CCC1=Nc2ccccc2C=C(c2ccccc2)N1C.Cl. The molecule has 0 N–H and O–H groups in total. The van der Waals surface area contributed by atoms with Crippen molar-refractivity contribution < 1.29 is 0 Å². The standard InChI is InChI=1S/C18H18N2.ClH/c1-3-18-19-16-12-8-7-11-15(16)13-17(20(18)2)14-9-5-4-6-10-14;/h4-13H,3H2,1-2H3;1H. The smallest absolute Gasteiger partial charge is 0.109 e. The molecule has 21 heavy (non-hydrogen) atoms. The minimum atomic E-state index is 0. The van der Waals surface area contributed by atoms with Crippen LogP contribution in [0.3, 0.4) is 0 Å². The average Bonchev–Trinajstić information content (AvgIpc) is 2.65. The molecular weight excluding hydrogens is 280 g/mol. The lowest BCUT2D eigenvalue weighted by Crippen LogP contribution is -2.23. The molecule has 0 spiro atoms. The molecule has 0 aliphatic carbocycles. The predicted octanol–water partition coefficient (Wildman–Crippen LogP) is 4.99. The van der Waals surface area contributed by atoms with Crippen LogP contribution in [0.15, 0.2) is 59.6 Å². The molecule has 2 aromatic carbocycles. The van der Waals surface area contributed by atoms with Crippen LogP contribution in [0.4, 0.5) is 5.69 Å². The molecule has 2 aromatic rings. The second kappa shape index (κ2) is 6.59. The average molecular weight is 299 g/mol. The second-order valence-corrected chi connectivity index (χ2v) is 4.90. The normalized spacial score (nSPS) is 13.5. The number of rotatable bonds is 2. The Labute approximate surface area is 132 Å². The van der Waals surface area contributed by atoms with Crippen molar-refractivity contribution in [3.63, 3.8) is 0 Å². The first-order valence-corrected chi connectivity index (χ1v) is 6.97. The summed E-state index contributed by atoms with van der Waals surface area (Å²) in [7, 11) is 2.09. The van der Waals surface area contributed by atoms with E-state index in [4.69, 9.17) is 4.99 Å². The molecule has 2 nitrogen and oxygen atoms in total. The molecule has 0 fully saturated rings. The van der Waals surface area contributed by atoms with E-state index in [-0.39, 0.29) is 12.4 Å². The fourth-order valence-corrected chi connectivity index (χ4v) is 2.51. The minimum Gasteiger partial charge on any atom is -0.332 e. The molecule has 0 amide bonds. The molecule has 108 valence electrons. The van der Waals surface area contributed by atoms with Crippen molar-refractivity contribution in [1.29, 1.82) is 0 Å². The van der Waals surface area contributed by atoms with Gasteiger partial charge in [-0.15, -0.1) is 12.4 Å². The quantitative estimate of drug-likeness (QED) is 0.762. The van der Waals surface area contributed by atoms with E-state index < -0.39 is 0 Å². The zero-order valence-corrected chi connectivity index (χ0v) is 13.1. The Balaban J connectivity index is 0.00000161. The number of fused-ring (bicyclic) bond motifs is 1. The Bertz CT molecular complexity index is 675. The van der Waals surface area contributed by atoms with Crippen LogP contribution >= 0.6 is 12.4 Å². The molecule has 0 saturated heterocycles. The highest BCUT2D eigenvalue weighted by atomic mass is 35.5. The molecule has 3 rings (SSSR count). The van der Waals surface area contributed by atoms with Gasteiger partial charge in [0.2, 0.25) is 0 Å². The minimum absolute atomic E-state index is 0. The van der Waals surface area contributed by atoms with Crippen molar-refractivity contribution in [2.24, 2.45) is 4.99 Å². The maximum Gasteiger partial charge on any atom is 0.109 e. The largest absolute Gasteiger partial charge is 0.332 e. The van der Waals surface area contributed by atoms with Crippen molar-refractivity contribution in [1.82, 2.24) is 4.90 Å². The lowest BCUT2D eigenvalue weighted by atomic mass is 10.1. The van der Waals surface area contributed by atoms with E-state index >= 15 is 0 Å². The number of hydrogen-bond acceptors (Lipinski definition) is 2. The van der Waals surface area contributed by atoms with Gasteiger partial charge in [-0.05, 0) is 17.7 Å². The first kappa shape index (κ1) is 15.3. The Morgan fingerprint density at radius 2 is 1.62 bits per heavy atom. The van der Waals surface area contributed by atoms with E-state index in [1.165, 1.54) is 16.8 Å². The molecule has 0 unspecified atom stereocenters. The fraction of sp³-hybridized carbons (Fsp3) is 0.167. The number of nitrogens with zero attached hydrogens (tertiary/aromatic N) is 2. The summed E-state index contributed by atoms with van der Waals surface area (Å²) in [6, 6.07) is 18.8. The summed E-state index contributed by atoms with van der Waals surface area (Å²) in [4.78, 5) is 6.99. The number of halogens is 1. The number of hydrogen-bond donors (Lipinski definition) is 0. The Morgan fingerprint density at radius 3 is 2.33 bits per heavy atom. The van der Waals surface area contributed by atoms with Crippen molar-refractivity contribution >= 4 is 35.7 Å². The van der Waals surface area contributed by atoms with Gasteiger partial charge in [-0.1, -0.05) is 55.5 Å². The summed E-state index contributed by atoms with van der Waals surface area (Å²) in [5, 5.41) is 0. The van der Waals surface area contributed by atoms with E-state index in [9.17, 15) is 0 Å². The summed E-state index contributed by atoms with van der Waals surface area (Å²) >= 11 is 0. The van der Waals surface area contributed by atoms with Gasteiger partial charge >= 0.3 is 0 Å². The van der Waals surface area contributed by atoms with Gasteiger partial charge in [0, 0.05) is 24.7 Å². The molecular formula is C18H19ClN2. The van der Waals surface area contributed by atoms with E-state index in [0.717, 1.165) is 17.9 Å². The van der Waals surface area contributed by atoms with Gasteiger partial charge in [-0.3, -0.25) is 0 Å². The van der Waals surface area contributed by atoms with Crippen molar-refractivity contribution in [2.45, 2.75) is 13.3 Å². The molecule has 0 atom stereocenters. The van der Waals surface area contributed by atoms with E-state index in [1.54, 1.807) is 0 Å². The van der Waals surface area contributed by atoms with Crippen LogP contribution in [0.25, 0.3) is 11.8 Å². The van der Waals surface area contributed by atoms with Gasteiger partial charge < -0.3 is 4.90 Å². The summed E-state index contributed by atoms with van der Waals surface area (Å²) in [6.07, 6.45) is 3.13. The highest BCUT2D eigenvalue weighted by Crippen LogP contribution is 2.31. The molecule has 0 saturated carbocycles. The van der Waals surface area contributed by atoms with Gasteiger partial charge in [0.1, 0.15) is 5.84 Å². The van der Waals surface area contributed by atoms with Crippen LogP contribution in [0, 0.1) is 0 Å². The van der Waals surface area contributed by atoms with Crippen LogP contribution in [0.5, 0.6) is 0 Å². The number of para-hydroxylation sites is 1.